The molecule has 0 radical (unpaired) electrons. The minimum atomic E-state index is -0.483. The molecule has 0 atom stereocenters. The first kappa shape index (κ1) is 14.8. The maximum atomic E-state index is 13.1. The van der Waals surface area contributed by atoms with Gasteiger partial charge in [0.1, 0.15) is 29.1 Å². The van der Waals surface area contributed by atoms with Crippen LogP contribution < -0.4 is 9.47 Å². The van der Waals surface area contributed by atoms with Crippen molar-refractivity contribution in [1.29, 1.82) is 5.26 Å². The summed E-state index contributed by atoms with van der Waals surface area (Å²) in [5.74, 6) is 0.931. The molecule has 0 N–H and O–H groups in total. The summed E-state index contributed by atoms with van der Waals surface area (Å²) in [6.07, 6.45) is 0. The molecule has 0 aliphatic carbocycles. The monoisotopic (exact) mass is 399 g/mol. The summed E-state index contributed by atoms with van der Waals surface area (Å²) in [6, 6.07) is 9.11. The molecule has 0 fully saturated rings. The van der Waals surface area contributed by atoms with Gasteiger partial charge in [0.2, 0.25) is 0 Å². The Balaban J connectivity index is 2.41. The molecule has 2 aromatic rings. The van der Waals surface area contributed by atoms with E-state index in [0.717, 1.165) is 6.07 Å². The number of nitrogens with zero attached hydrogens (tertiary/aromatic N) is 1. The first-order valence-corrected chi connectivity index (χ1v) is 7.04. The van der Waals surface area contributed by atoms with Crippen LogP contribution in [0, 0.1) is 17.1 Å². The van der Waals surface area contributed by atoms with Crippen molar-refractivity contribution in [3.05, 3.63) is 50.7 Å². The average Bonchev–Trinajstić information content (AvgIpc) is 2.44. The standard InChI is InChI=1S/C14H8Br2FNO2/c1-19-13-5-11(16)14(6-10(13)15)20-12-3-2-9(17)4-8(12)7-18/h2-6H,1H3. The van der Waals surface area contributed by atoms with Crippen molar-refractivity contribution in [2.24, 2.45) is 0 Å². The van der Waals surface area contributed by atoms with Gasteiger partial charge in [-0.2, -0.15) is 5.26 Å². The van der Waals surface area contributed by atoms with E-state index in [9.17, 15) is 4.39 Å². The fraction of sp³-hybridized carbons (Fsp3) is 0.0714. The number of methoxy groups -OCH3 is 1. The molecule has 0 bridgehead atoms. The third kappa shape index (κ3) is 3.11. The van der Waals surface area contributed by atoms with Crippen molar-refractivity contribution in [2.45, 2.75) is 0 Å². The Labute approximate surface area is 132 Å². The number of benzene rings is 2. The lowest BCUT2D eigenvalue weighted by Crippen LogP contribution is -1.92. The number of nitriles is 1. The number of rotatable bonds is 3. The molecule has 0 spiro atoms. The first-order chi connectivity index (χ1) is 9.55. The summed E-state index contributed by atoms with van der Waals surface area (Å²) in [6.45, 7) is 0. The smallest absolute Gasteiger partial charge is 0.145 e. The largest absolute Gasteiger partial charge is 0.496 e. The van der Waals surface area contributed by atoms with Gasteiger partial charge in [0.15, 0.2) is 0 Å². The number of halogens is 3. The van der Waals surface area contributed by atoms with Crippen molar-refractivity contribution in [1.82, 2.24) is 0 Å². The van der Waals surface area contributed by atoms with Crippen LogP contribution in [0.2, 0.25) is 0 Å². The summed E-state index contributed by atoms with van der Waals surface area (Å²) < 4.78 is 25.2. The third-order valence-corrected chi connectivity index (χ3v) is 3.73. The quantitative estimate of drug-likeness (QED) is 0.726. The Kier molecular flexibility index (Phi) is 4.63. The maximum absolute atomic E-state index is 13.1. The predicted molar refractivity (Wildman–Crippen MR) is 79.6 cm³/mol. The summed E-state index contributed by atoms with van der Waals surface area (Å²) in [4.78, 5) is 0. The van der Waals surface area contributed by atoms with Crippen LogP contribution in [-0.4, -0.2) is 7.11 Å². The Hall–Kier alpha value is -1.58. The van der Waals surface area contributed by atoms with Gasteiger partial charge in [0.05, 0.1) is 21.6 Å². The van der Waals surface area contributed by atoms with E-state index in [1.165, 1.54) is 12.1 Å². The van der Waals surface area contributed by atoms with Crippen LogP contribution in [0.1, 0.15) is 5.56 Å². The van der Waals surface area contributed by atoms with Crippen molar-refractivity contribution < 1.29 is 13.9 Å². The molecular formula is C14H8Br2FNO2. The van der Waals surface area contributed by atoms with Crippen molar-refractivity contribution >= 4 is 31.9 Å². The highest BCUT2D eigenvalue weighted by Gasteiger charge is 2.12. The fourth-order valence-corrected chi connectivity index (χ4v) is 2.43. The summed E-state index contributed by atoms with van der Waals surface area (Å²) >= 11 is 6.71. The second-order valence-corrected chi connectivity index (χ2v) is 5.48. The Morgan fingerprint density at radius 2 is 1.70 bits per heavy atom. The number of ether oxygens (including phenoxy) is 2. The van der Waals surface area contributed by atoms with Gasteiger partial charge in [-0.15, -0.1) is 0 Å². The molecule has 0 aliphatic rings. The molecule has 0 saturated carbocycles. The van der Waals surface area contributed by atoms with E-state index in [0.29, 0.717) is 20.4 Å². The second-order valence-electron chi connectivity index (χ2n) is 3.77. The zero-order valence-corrected chi connectivity index (χ0v) is 13.5. The predicted octanol–water partition coefficient (Wildman–Crippen LogP) is 5.02. The molecule has 0 amide bonds. The van der Waals surface area contributed by atoms with E-state index >= 15 is 0 Å². The van der Waals surface area contributed by atoms with Crippen LogP contribution in [0.25, 0.3) is 0 Å². The highest BCUT2D eigenvalue weighted by Crippen LogP contribution is 2.38. The SMILES string of the molecule is COc1cc(Br)c(Oc2ccc(F)cc2C#N)cc1Br. The zero-order valence-electron chi connectivity index (χ0n) is 10.3. The average molecular weight is 401 g/mol. The van der Waals surface area contributed by atoms with Gasteiger partial charge in [-0.05, 0) is 62.2 Å². The lowest BCUT2D eigenvalue weighted by Gasteiger charge is -2.11. The van der Waals surface area contributed by atoms with E-state index in [-0.39, 0.29) is 11.3 Å². The number of hydrogen-bond donors (Lipinski definition) is 0. The second kappa shape index (κ2) is 6.25. The molecule has 20 heavy (non-hydrogen) atoms. The van der Waals surface area contributed by atoms with E-state index in [1.54, 1.807) is 19.2 Å². The molecule has 2 aromatic carbocycles. The molecule has 0 saturated heterocycles. The van der Waals surface area contributed by atoms with Crippen LogP contribution >= 0.6 is 31.9 Å². The topological polar surface area (TPSA) is 42.2 Å². The molecule has 2 rings (SSSR count). The highest BCUT2D eigenvalue weighted by atomic mass is 79.9. The number of hydrogen-bond acceptors (Lipinski definition) is 3. The van der Waals surface area contributed by atoms with Gasteiger partial charge in [-0.25, -0.2) is 4.39 Å². The van der Waals surface area contributed by atoms with Crippen molar-refractivity contribution in [2.75, 3.05) is 7.11 Å². The minimum Gasteiger partial charge on any atom is -0.496 e. The van der Waals surface area contributed by atoms with Gasteiger partial charge < -0.3 is 9.47 Å². The lowest BCUT2D eigenvalue weighted by atomic mass is 10.2. The van der Waals surface area contributed by atoms with Crippen LogP contribution in [0.3, 0.4) is 0 Å². The Bertz CT molecular complexity index is 698. The van der Waals surface area contributed by atoms with E-state index in [4.69, 9.17) is 14.7 Å². The molecular weight excluding hydrogens is 393 g/mol. The minimum absolute atomic E-state index is 0.129. The van der Waals surface area contributed by atoms with Crippen LogP contribution in [0.5, 0.6) is 17.2 Å². The van der Waals surface area contributed by atoms with Crippen molar-refractivity contribution in [3.8, 4) is 23.3 Å². The fourth-order valence-electron chi connectivity index (χ4n) is 1.54. The summed E-state index contributed by atoms with van der Waals surface area (Å²) in [7, 11) is 1.56. The van der Waals surface area contributed by atoms with Gasteiger partial charge in [0, 0.05) is 0 Å². The zero-order chi connectivity index (χ0) is 14.7. The molecule has 102 valence electrons. The van der Waals surface area contributed by atoms with Crippen LogP contribution in [-0.2, 0) is 0 Å². The maximum Gasteiger partial charge on any atom is 0.145 e. The Morgan fingerprint density at radius 3 is 2.35 bits per heavy atom. The van der Waals surface area contributed by atoms with Gasteiger partial charge >= 0.3 is 0 Å². The van der Waals surface area contributed by atoms with Gasteiger partial charge in [-0.3, -0.25) is 0 Å². The van der Waals surface area contributed by atoms with Gasteiger partial charge in [0.25, 0.3) is 0 Å². The molecule has 0 aliphatic heterocycles. The van der Waals surface area contributed by atoms with Crippen LogP contribution in [0.15, 0.2) is 39.3 Å². The van der Waals surface area contributed by atoms with E-state index < -0.39 is 5.82 Å². The van der Waals surface area contributed by atoms with E-state index in [1.807, 2.05) is 6.07 Å². The molecule has 6 heteroatoms. The summed E-state index contributed by atoms with van der Waals surface area (Å²) in [5, 5.41) is 8.99. The Morgan fingerprint density at radius 1 is 1.05 bits per heavy atom. The molecule has 0 heterocycles. The summed E-state index contributed by atoms with van der Waals surface area (Å²) in [5.41, 5.74) is 0.129. The molecule has 3 nitrogen and oxygen atoms in total. The van der Waals surface area contributed by atoms with E-state index in [2.05, 4.69) is 31.9 Å². The van der Waals surface area contributed by atoms with Gasteiger partial charge in [-0.1, -0.05) is 0 Å². The highest BCUT2D eigenvalue weighted by molar-refractivity contribution is 9.11. The van der Waals surface area contributed by atoms with Crippen LogP contribution in [0.4, 0.5) is 4.39 Å². The molecule has 0 aromatic heterocycles. The van der Waals surface area contributed by atoms with Crippen molar-refractivity contribution in [3.63, 3.8) is 0 Å². The molecule has 0 unspecified atom stereocenters. The normalized spacial score (nSPS) is 9.95. The third-order valence-electron chi connectivity index (χ3n) is 2.49. The lowest BCUT2D eigenvalue weighted by molar-refractivity contribution is 0.409. The first-order valence-electron chi connectivity index (χ1n) is 5.45.